The summed E-state index contributed by atoms with van der Waals surface area (Å²) >= 11 is 1.61. The summed E-state index contributed by atoms with van der Waals surface area (Å²) in [7, 11) is 0. The van der Waals surface area contributed by atoms with E-state index in [2.05, 4.69) is 38.2 Å². The minimum absolute atomic E-state index is 0.102. The molecule has 1 heterocycles. The van der Waals surface area contributed by atoms with Crippen molar-refractivity contribution in [3.05, 3.63) is 95.1 Å². The molecule has 1 saturated heterocycles. The SMILES string of the molecule is CCCCc1ccc(C(=O)Nc2cccc([C@H]3SCC(=O)N3c3ccc(C(C)C)cc3)c2)cc1. The first kappa shape index (κ1) is 24.1. The molecular weight excluding hydrogens is 440 g/mol. The summed E-state index contributed by atoms with van der Waals surface area (Å²) in [6, 6.07) is 23.9. The predicted molar refractivity (Wildman–Crippen MR) is 143 cm³/mol. The van der Waals surface area contributed by atoms with Gasteiger partial charge in [-0.15, -0.1) is 11.8 Å². The highest BCUT2D eigenvalue weighted by Crippen LogP contribution is 2.42. The topological polar surface area (TPSA) is 49.4 Å². The number of hydrogen-bond acceptors (Lipinski definition) is 3. The third kappa shape index (κ3) is 5.53. The number of benzene rings is 3. The van der Waals surface area contributed by atoms with E-state index >= 15 is 0 Å². The zero-order chi connectivity index (χ0) is 24.1. The van der Waals surface area contributed by atoms with E-state index in [1.807, 2.05) is 65.6 Å². The fourth-order valence-corrected chi connectivity index (χ4v) is 5.31. The fraction of sp³-hybridized carbons (Fsp3) is 0.310. The number of anilines is 2. The molecule has 3 aromatic carbocycles. The van der Waals surface area contributed by atoms with Crippen LogP contribution in [0.2, 0.25) is 0 Å². The molecule has 4 nitrogen and oxygen atoms in total. The quantitative estimate of drug-likeness (QED) is 0.378. The molecule has 5 heteroatoms. The van der Waals surface area contributed by atoms with Crippen molar-refractivity contribution in [3.8, 4) is 0 Å². The van der Waals surface area contributed by atoms with Crippen LogP contribution >= 0.6 is 11.8 Å². The third-order valence-electron chi connectivity index (χ3n) is 6.17. The van der Waals surface area contributed by atoms with Gasteiger partial charge in [-0.05, 0) is 71.8 Å². The van der Waals surface area contributed by atoms with Gasteiger partial charge in [-0.1, -0.05) is 63.6 Å². The summed E-state index contributed by atoms with van der Waals surface area (Å²) in [6.07, 6.45) is 3.35. The molecule has 0 aromatic heterocycles. The largest absolute Gasteiger partial charge is 0.322 e. The number of carbonyl (C=O) groups excluding carboxylic acids is 2. The van der Waals surface area contributed by atoms with Crippen LogP contribution in [0.1, 0.15) is 72.0 Å². The van der Waals surface area contributed by atoms with Gasteiger partial charge < -0.3 is 5.32 Å². The second kappa shape index (κ2) is 10.9. The number of nitrogens with zero attached hydrogens (tertiary/aromatic N) is 1. The van der Waals surface area contributed by atoms with Crippen LogP contribution in [0.25, 0.3) is 0 Å². The monoisotopic (exact) mass is 472 g/mol. The summed E-state index contributed by atoms with van der Waals surface area (Å²) in [5, 5.41) is 2.90. The van der Waals surface area contributed by atoms with Gasteiger partial charge in [-0.25, -0.2) is 0 Å². The molecule has 1 aliphatic rings. The lowest BCUT2D eigenvalue weighted by Crippen LogP contribution is -2.27. The molecule has 4 rings (SSSR count). The zero-order valence-corrected chi connectivity index (χ0v) is 20.9. The predicted octanol–water partition coefficient (Wildman–Crippen LogP) is 7.18. The fourth-order valence-electron chi connectivity index (χ4n) is 4.15. The van der Waals surface area contributed by atoms with E-state index < -0.39 is 0 Å². The van der Waals surface area contributed by atoms with E-state index in [1.165, 1.54) is 11.1 Å². The number of carbonyl (C=O) groups is 2. The van der Waals surface area contributed by atoms with E-state index in [4.69, 9.17) is 0 Å². The minimum atomic E-state index is -0.129. The second-order valence-electron chi connectivity index (χ2n) is 9.05. The number of hydrogen-bond donors (Lipinski definition) is 1. The van der Waals surface area contributed by atoms with Crippen molar-refractivity contribution < 1.29 is 9.59 Å². The molecule has 0 radical (unpaired) electrons. The summed E-state index contributed by atoms with van der Waals surface area (Å²) in [5.41, 5.74) is 5.78. The van der Waals surface area contributed by atoms with Crippen LogP contribution in [0.4, 0.5) is 11.4 Å². The van der Waals surface area contributed by atoms with Crippen molar-refractivity contribution in [2.24, 2.45) is 0 Å². The van der Waals surface area contributed by atoms with Crippen molar-refractivity contribution in [2.75, 3.05) is 16.0 Å². The van der Waals surface area contributed by atoms with Crippen molar-refractivity contribution in [3.63, 3.8) is 0 Å². The molecule has 0 aliphatic carbocycles. The van der Waals surface area contributed by atoms with Crippen LogP contribution in [-0.2, 0) is 11.2 Å². The Morgan fingerprint density at radius 2 is 1.79 bits per heavy atom. The number of rotatable bonds is 8. The zero-order valence-electron chi connectivity index (χ0n) is 20.1. The van der Waals surface area contributed by atoms with Crippen molar-refractivity contribution >= 4 is 35.0 Å². The second-order valence-corrected chi connectivity index (χ2v) is 10.1. The van der Waals surface area contributed by atoms with E-state index in [1.54, 1.807) is 11.8 Å². The number of thioether (sulfide) groups is 1. The standard InChI is InChI=1S/C29H32N2O2S/c1-4-5-7-21-10-12-23(13-11-21)28(33)30-25-9-6-8-24(18-25)29-31(27(32)19-34-29)26-16-14-22(15-17-26)20(2)3/h6,8-18,20,29H,4-5,7,19H2,1-3H3,(H,30,33)/t29-/m1/s1. The molecule has 0 saturated carbocycles. The van der Waals surface area contributed by atoms with Crippen LogP contribution in [0.3, 0.4) is 0 Å². The maximum atomic E-state index is 12.8. The van der Waals surface area contributed by atoms with Gasteiger partial charge in [0.2, 0.25) is 5.91 Å². The highest BCUT2D eigenvalue weighted by molar-refractivity contribution is 8.00. The first-order valence-electron chi connectivity index (χ1n) is 12.0. The Kier molecular flexibility index (Phi) is 7.73. The Morgan fingerprint density at radius 3 is 2.47 bits per heavy atom. The molecule has 0 unspecified atom stereocenters. The van der Waals surface area contributed by atoms with Gasteiger partial charge in [-0.3, -0.25) is 14.5 Å². The average molecular weight is 473 g/mol. The summed E-state index contributed by atoms with van der Waals surface area (Å²) in [6.45, 7) is 6.50. The van der Waals surface area contributed by atoms with E-state index in [-0.39, 0.29) is 17.2 Å². The highest BCUT2D eigenvalue weighted by Gasteiger charge is 2.34. The summed E-state index contributed by atoms with van der Waals surface area (Å²) in [4.78, 5) is 27.4. The van der Waals surface area contributed by atoms with Crippen LogP contribution in [0.15, 0.2) is 72.8 Å². The Balaban J connectivity index is 1.49. The maximum absolute atomic E-state index is 12.8. The van der Waals surface area contributed by atoms with Crippen LogP contribution in [0.5, 0.6) is 0 Å². The maximum Gasteiger partial charge on any atom is 0.255 e. The van der Waals surface area contributed by atoms with Crippen LogP contribution in [0, 0.1) is 0 Å². The summed E-state index contributed by atoms with van der Waals surface area (Å²) < 4.78 is 0. The molecule has 1 aliphatic heterocycles. The number of amides is 2. The van der Waals surface area contributed by atoms with E-state index in [0.29, 0.717) is 17.2 Å². The molecule has 1 N–H and O–H groups in total. The molecule has 0 spiro atoms. The number of nitrogens with one attached hydrogen (secondary N) is 1. The third-order valence-corrected chi connectivity index (χ3v) is 7.38. The van der Waals surface area contributed by atoms with Gasteiger partial charge >= 0.3 is 0 Å². The van der Waals surface area contributed by atoms with Gasteiger partial charge in [0, 0.05) is 16.9 Å². The lowest BCUT2D eigenvalue weighted by Gasteiger charge is -2.25. The minimum Gasteiger partial charge on any atom is -0.322 e. The Hall–Kier alpha value is -3.05. The van der Waals surface area contributed by atoms with Gasteiger partial charge in [0.05, 0.1) is 5.75 Å². The van der Waals surface area contributed by atoms with Gasteiger partial charge in [0.1, 0.15) is 5.37 Å². The van der Waals surface area contributed by atoms with Gasteiger partial charge in [-0.2, -0.15) is 0 Å². The number of unbranched alkanes of at least 4 members (excludes halogenated alkanes) is 1. The average Bonchev–Trinajstić information content (AvgIpc) is 3.24. The molecule has 2 amide bonds. The van der Waals surface area contributed by atoms with Crippen LogP contribution in [-0.4, -0.2) is 17.6 Å². The molecule has 176 valence electrons. The molecule has 3 aromatic rings. The van der Waals surface area contributed by atoms with Crippen molar-refractivity contribution in [1.82, 2.24) is 0 Å². The lowest BCUT2D eigenvalue weighted by molar-refractivity contribution is -0.115. The highest BCUT2D eigenvalue weighted by atomic mass is 32.2. The molecule has 1 fully saturated rings. The smallest absolute Gasteiger partial charge is 0.255 e. The van der Waals surface area contributed by atoms with Crippen molar-refractivity contribution in [1.29, 1.82) is 0 Å². The summed E-state index contributed by atoms with van der Waals surface area (Å²) in [5.74, 6) is 0.860. The lowest BCUT2D eigenvalue weighted by atomic mass is 10.0. The van der Waals surface area contributed by atoms with Gasteiger partial charge in [0.15, 0.2) is 0 Å². The molecule has 1 atom stereocenters. The van der Waals surface area contributed by atoms with Crippen molar-refractivity contribution in [2.45, 2.75) is 51.3 Å². The van der Waals surface area contributed by atoms with Gasteiger partial charge in [0.25, 0.3) is 5.91 Å². The Bertz CT molecular complexity index is 1140. The Morgan fingerprint density at radius 1 is 1.06 bits per heavy atom. The van der Waals surface area contributed by atoms with Crippen LogP contribution < -0.4 is 10.2 Å². The molecular formula is C29H32N2O2S. The molecule has 0 bridgehead atoms. The van der Waals surface area contributed by atoms with E-state index in [0.717, 1.165) is 36.2 Å². The Labute approximate surface area is 206 Å². The first-order chi connectivity index (χ1) is 16.5. The van der Waals surface area contributed by atoms with E-state index in [9.17, 15) is 9.59 Å². The number of aryl methyl sites for hydroxylation is 1. The first-order valence-corrected chi connectivity index (χ1v) is 13.0. The normalized spacial score (nSPS) is 15.7. The molecule has 34 heavy (non-hydrogen) atoms.